The molecule has 0 radical (unpaired) electrons. The van der Waals surface area contributed by atoms with E-state index in [4.69, 9.17) is 16.3 Å². The van der Waals surface area contributed by atoms with Gasteiger partial charge in [0.15, 0.2) is 0 Å². The van der Waals surface area contributed by atoms with Gasteiger partial charge < -0.3 is 9.64 Å². The normalized spacial score (nSPS) is 15.8. The maximum absolute atomic E-state index is 5.98. The number of halogens is 1. The molecule has 1 aromatic carbocycles. The summed E-state index contributed by atoms with van der Waals surface area (Å²) in [5.41, 5.74) is 4.05. The molecule has 0 aliphatic carbocycles. The predicted molar refractivity (Wildman–Crippen MR) is 101 cm³/mol. The molecule has 0 spiro atoms. The third kappa shape index (κ3) is 3.51. The zero-order valence-corrected chi connectivity index (χ0v) is 15.4. The quantitative estimate of drug-likeness (QED) is 0.708. The number of aromatic nitrogens is 1. The van der Waals surface area contributed by atoms with Gasteiger partial charge in [-0.25, -0.2) is 4.98 Å². The van der Waals surface area contributed by atoms with Gasteiger partial charge in [-0.05, 0) is 35.8 Å². The Hall–Kier alpha value is -1.74. The van der Waals surface area contributed by atoms with Crippen LogP contribution in [0.1, 0.15) is 49.7 Å². The van der Waals surface area contributed by atoms with Crippen molar-refractivity contribution < 1.29 is 4.74 Å². The largest absolute Gasteiger partial charge is 0.494 e. The van der Waals surface area contributed by atoms with Gasteiger partial charge in [-0.3, -0.25) is 0 Å². The molecule has 4 heteroatoms. The molecular formula is C20H25ClN2O. The van der Waals surface area contributed by atoms with E-state index in [9.17, 15) is 0 Å². The molecule has 1 saturated heterocycles. The van der Waals surface area contributed by atoms with Crippen LogP contribution in [0.4, 0.5) is 5.69 Å². The fourth-order valence-electron chi connectivity index (χ4n) is 3.65. The number of anilines is 1. The minimum atomic E-state index is 0.469. The Morgan fingerprint density at radius 1 is 1.21 bits per heavy atom. The van der Waals surface area contributed by atoms with E-state index in [-0.39, 0.29) is 0 Å². The summed E-state index contributed by atoms with van der Waals surface area (Å²) in [6.45, 7) is 6.57. The van der Waals surface area contributed by atoms with Gasteiger partial charge in [-0.15, -0.1) is 0 Å². The first-order valence-corrected chi connectivity index (χ1v) is 9.01. The fraction of sp³-hybridized carbons (Fsp3) is 0.450. The lowest BCUT2D eigenvalue weighted by atomic mass is 9.83. The molecule has 1 aromatic heterocycles. The molecule has 3 rings (SSSR count). The zero-order chi connectivity index (χ0) is 17.1. The van der Waals surface area contributed by atoms with Crippen LogP contribution >= 0.6 is 11.6 Å². The molecule has 2 aromatic rings. The van der Waals surface area contributed by atoms with Crippen molar-refractivity contribution >= 4 is 17.3 Å². The molecule has 3 nitrogen and oxygen atoms in total. The van der Waals surface area contributed by atoms with Gasteiger partial charge in [-0.1, -0.05) is 49.7 Å². The smallest absolute Gasteiger partial charge is 0.146 e. The molecule has 0 atom stereocenters. The van der Waals surface area contributed by atoms with Crippen molar-refractivity contribution in [3.05, 3.63) is 52.8 Å². The van der Waals surface area contributed by atoms with Crippen LogP contribution in [0, 0.1) is 0 Å². The molecular weight excluding hydrogens is 320 g/mol. The molecule has 24 heavy (non-hydrogen) atoms. The zero-order valence-electron chi connectivity index (χ0n) is 14.6. The number of nitrogens with zero attached hydrogens (tertiary/aromatic N) is 2. The van der Waals surface area contributed by atoms with Gasteiger partial charge in [-0.2, -0.15) is 0 Å². The van der Waals surface area contributed by atoms with Crippen molar-refractivity contribution in [2.24, 2.45) is 0 Å². The van der Waals surface area contributed by atoms with E-state index in [0.29, 0.717) is 17.0 Å². The van der Waals surface area contributed by atoms with Crippen LogP contribution in [0.2, 0.25) is 5.15 Å². The van der Waals surface area contributed by atoms with Crippen molar-refractivity contribution in [2.75, 3.05) is 25.1 Å². The monoisotopic (exact) mass is 344 g/mol. The maximum atomic E-state index is 5.98. The highest BCUT2D eigenvalue weighted by Crippen LogP contribution is 2.37. The van der Waals surface area contributed by atoms with E-state index in [1.165, 1.54) is 11.1 Å². The summed E-state index contributed by atoms with van der Waals surface area (Å²) in [4.78, 5) is 6.58. The number of pyridine rings is 1. The van der Waals surface area contributed by atoms with Gasteiger partial charge in [0, 0.05) is 19.2 Å². The second-order valence-corrected chi connectivity index (χ2v) is 7.11. The first kappa shape index (κ1) is 17.1. The Morgan fingerprint density at radius 3 is 2.58 bits per heavy atom. The lowest BCUT2D eigenvalue weighted by Gasteiger charge is -2.35. The Bertz CT molecular complexity index is 694. The summed E-state index contributed by atoms with van der Waals surface area (Å²) in [5.74, 6) is 2.00. The highest BCUT2D eigenvalue weighted by molar-refractivity contribution is 6.29. The van der Waals surface area contributed by atoms with E-state index >= 15 is 0 Å². The second-order valence-electron chi connectivity index (χ2n) is 6.72. The first-order chi connectivity index (χ1) is 11.6. The van der Waals surface area contributed by atoms with Crippen LogP contribution in [0.15, 0.2) is 36.5 Å². The third-order valence-electron chi connectivity index (χ3n) is 4.93. The fourth-order valence-corrected chi connectivity index (χ4v) is 3.79. The van der Waals surface area contributed by atoms with Gasteiger partial charge in [0.05, 0.1) is 19.0 Å². The highest BCUT2D eigenvalue weighted by atomic mass is 35.5. The van der Waals surface area contributed by atoms with Gasteiger partial charge in [0.25, 0.3) is 0 Å². The van der Waals surface area contributed by atoms with Crippen molar-refractivity contribution in [2.45, 2.75) is 38.5 Å². The van der Waals surface area contributed by atoms with Crippen molar-refractivity contribution in [1.29, 1.82) is 0 Å². The number of benzene rings is 1. The summed E-state index contributed by atoms with van der Waals surface area (Å²) < 4.78 is 5.48. The third-order valence-corrected chi connectivity index (χ3v) is 5.13. The van der Waals surface area contributed by atoms with E-state index in [2.05, 4.69) is 48.0 Å². The molecule has 0 unspecified atom stereocenters. The average molecular weight is 345 g/mol. The van der Waals surface area contributed by atoms with E-state index in [1.54, 1.807) is 13.2 Å². The summed E-state index contributed by atoms with van der Waals surface area (Å²) in [6.07, 6.45) is 4.12. The Kier molecular flexibility index (Phi) is 5.30. The van der Waals surface area contributed by atoms with Crippen molar-refractivity contribution in [3.8, 4) is 5.75 Å². The van der Waals surface area contributed by atoms with Crippen molar-refractivity contribution in [1.82, 2.24) is 4.98 Å². The topological polar surface area (TPSA) is 25.4 Å². The second kappa shape index (κ2) is 7.43. The minimum absolute atomic E-state index is 0.469. The number of piperidine rings is 1. The first-order valence-electron chi connectivity index (χ1n) is 8.63. The van der Waals surface area contributed by atoms with E-state index in [0.717, 1.165) is 37.4 Å². The van der Waals surface area contributed by atoms with Crippen LogP contribution in [-0.2, 0) is 0 Å². The molecule has 1 fully saturated rings. The van der Waals surface area contributed by atoms with Crippen molar-refractivity contribution in [3.63, 3.8) is 0 Å². The van der Waals surface area contributed by atoms with Crippen LogP contribution < -0.4 is 9.64 Å². The molecule has 0 bridgehead atoms. The predicted octanol–water partition coefficient (Wildman–Crippen LogP) is 5.25. The summed E-state index contributed by atoms with van der Waals surface area (Å²) in [5, 5.41) is 0.469. The van der Waals surface area contributed by atoms with Crippen LogP contribution in [0.5, 0.6) is 5.75 Å². The van der Waals surface area contributed by atoms with E-state index in [1.807, 2.05) is 6.20 Å². The molecule has 0 saturated carbocycles. The maximum Gasteiger partial charge on any atom is 0.146 e. The SMILES string of the molecule is COc1cc(Cl)ncc1N1CCC(c2ccccc2C(C)C)CC1. The van der Waals surface area contributed by atoms with Gasteiger partial charge in [0.2, 0.25) is 0 Å². The average Bonchev–Trinajstić information content (AvgIpc) is 2.61. The number of hydrogen-bond donors (Lipinski definition) is 0. The molecule has 1 aliphatic rings. The number of hydrogen-bond acceptors (Lipinski definition) is 3. The summed E-state index contributed by atoms with van der Waals surface area (Å²) >= 11 is 5.98. The molecule has 1 aliphatic heterocycles. The highest BCUT2D eigenvalue weighted by Gasteiger charge is 2.24. The molecule has 0 amide bonds. The molecule has 0 N–H and O–H groups in total. The summed E-state index contributed by atoms with van der Waals surface area (Å²) in [6, 6.07) is 10.7. The number of ether oxygens (including phenoxy) is 1. The number of rotatable bonds is 4. The minimum Gasteiger partial charge on any atom is -0.494 e. The van der Waals surface area contributed by atoms with Crippen LogP contribution in [0.3, 0.4) is 0 Å². The lowest BCUT2D eigenvalue weighted by Crippen LogP contribution is -2.33. The standard InChI is InChI=1S/C20H25ClN2O/c1-14(2)16-6-4-5-7-17(16)15-8-10-23(11-9-15)18-13-22-20(21)12-19(18)24-3/h4-7,12-15H,8-11H2,1-3H3. The van der Waals surface area contributed by atoms with Crippen LogP contribution in [-0.4, -0.2) is 25.2 Å². The Morgan fingerprint density at radius 2 is 1.92 bits per heavy atom. The summed E-state index contributed by atoms with van der Waals surface area (Å²) in [7, 11) is 1.68. The van der Waals surface area contributed by atoms with E-state index < -0.39 is 0 Å². The Labute approximate surface area is 149 Å². The van der Waals surface area contributed by atoms with Gasteiger partial charge >= 0.3 is 0 Å². The lowest BCUT2D eigenvalue weighted by molar-refractivity contribution is 0.410. The Balaban J connectivity index is 1.75. The van der Waals surface area contributed by atoms with Crippen LogP contribution in [0.25, 0.3) is 0 Å². The molecule has 128 valence electrons. The molecule has 2 heterocycles. The number of methoxy groups -OCH3 is 1. The van der Waals surface area contributed by atoms with Gasteiger partial charge in [0.1, 0.15) is 10.9 Å².